The molecular weight excluding hydrogens is 434 g/mol. The minimum Gasteiger partial charge on any atom is -0.464 e. The number of ether oxygens (including phenoxy) is 1. The highest BCUT2D eigenvalue weighted by molar-refractivity contribution is 6.00. The summed E-state index contributed by atoms with van der Waals surface area (Å²) in [6.07, 6.45) is 7.73. The van der Waals surface area contributed by atoms with Gasteiger partial charge in [0.1, 0.15) is 11.9 Å². The summed E-state index contributed by atoms with van der Waals surface area (Å²) in [5.41, 5.74) is 1.98. The number of nitrogens with one attached hydrogen (secondary N) is 3. The van der Waals surface area contributed by atoms with Crippen molar-refractivity contribution in [3.63, 3.8) is 0 Å². The Morgan fingerprint density at radius 2 is 2.00 bits per heavy atom. The van der Waals surface area contributed by atoms with E-state index in [1.165, 1.54) is 6.42 Å². The summed E-state index contributed by atoms with van der Waals surface area (Å²) in [5, 5.41) is 8.54. The number of hydrogen-bond acceptors (Lipinski definition) is 7. The minimum atomic E-state index is -0.874. The average Bonchev–Trinajstić information content (AvgIpc) is 3.12. The molecule has 9 heteroatoms. The Labute approximate surface area is 199 Å². The number of carbonyl (C=O) groups is 3. The summed E-state index contributed by atoms with van der Waals surface area (Å²) in [5.74, 6) is -0.488. The monoisotopic (exact) mass is 465 g/mol. The third-order valence-electron chi connectivity index (χ3n) is 5.27. The van der Waals surface area contributed by atoms with Crippen LogP contribution in [0.1, 0.15) is 48.5 Å². The van der Waals surface area contributed by atoms with Crippen LogP contribution in [0.2, 0.25) is 0 Å². The normalized spacial score (nSPS) is 14.2. The Morgan fingerprint density at radius 1 is 1.12 bits per heavy atom. The van der Waals surface area contributed by atoms with Crippen LogP contribution in [0.15, 0.2) is 53.8 Å². The number of amides is 2. The van der Waals surface area contributed by atoms with E-state index in [0.29, 0.717) is 5.56 Å². The van der Waals surface area contributed by atoms with Gasteiger partial charge in [-0.2, -0.15) is 0 Å². The van der Waals surface area contributed by atoms with Crippen LogP contribution in [0, 0.1) is 0 Å². The number of pyridine rings is 1. The molecule has 0 spiro atoms. The lowest BCUT2D eigenvalue weighted by molar-refractivity contribution is -0.147. The fourth-order valence-electron chi connectivity index (χ4n) is 3.58. The molecule has 3 rings (SSSR count). The second-order valence-corrected chi connectivity index (χ2v) is 7.97. The van der Waals surface area contributed by atoms with Gasteiger partial charge in [-0.05, 0) is 49.6 Å². The number of hydrogen-bond donors (Lipinski definition) is 3. The van der Waals surface area contributed by atoms with Crippen LogP contribution >= 0.6 is 0 Å². The van der Waals surface area contributed by atoms with Gasteiger partial charge in [0.05, 0.1) is 13.2 Å². The van der Waals surface area contributed by atoms with E-state index in [2.05, 4.69) is 25.9 Å². The molecule has 0 saturated heterocycles. The first-order valence-electron chi connectivity index (χ1n) is 11.6. The van der Waals surface area contributed by atoms with Gasteiger partial charge in [0.2, 0.25) is 5.91 Å². The second kappa shape index (κ2) is 13.1. The van der Waals surface area contributed by atoms with E-state index in [1.807, 2.05) is 12.1 Å². The van der Waals surface area contributed by atoms with Crippen LogP contribution in [-0.2, 0) is 20.7 Å². The van der Waals surface area contributed by atoms with Crippen LogP contribution in [0.4, 0.5) is 5.69 Å². The van der Waals surface area contributed by atoms with Gasteiger partial charge in [0.15, 0.2) is 0 Å². The van der Waals surface area contributed by atoms with E-state index in [-0.39, 0.29) is 25.5 Å². The Hall–Kier alpha value is -3.75. The average molecular weight is 466 g/mol. The Kier molecular flexibility index (Phi) is 9.57. The summed E-state index contributed by atoms with van der Waals surface area (Å²) in [6, 6.07) is 9.75. The maximum atomic E-state index is 12.6. The molecule has 1 atom stereocenters. The van der Waals surface area contributed by atoms with Crippen molar-refractivity contribution in [2.45, 2.75) is 45.1 Å². The molecular formula is C25H31N5O4. The minimum absolute atomic E-state index is 0.200. The Morgan fingerprint density at radius 3 is 2.79 bits per heavy atom. The molecule has 34 heavy (non-hydrogen) atoms. The smallest absolute Gasteiger partial charge is 0.328 e. The molecule has 0 aliphatic carbocycles. The Bertz CT molecular complexity index is 1010. The number of esters is 1. The molecule has 180 valence electrons. The maximum absolute atomic E-state index is 12.6. The molecule has 2 amide bonds. The quantitative estimate of drug-likeness (QED) is 0.489. The predicted octanol–water partition coefficient (Wildman–Crippen LogP) is 2.49. The van der Waals surface area contributed by atoms with Crippen molar-refractivity contribution in [2.24, 2.45) is 4.99 Å². The first-order chi connectivity index (χ1) is 16.5. The molecule has 2 aromatic rings. The molecule has 1 aliphatic rings. The van der Waals surface area contributed by atoms with Gasteiger partial charge < -0.3 is 20.7 Å². The van der Waals surface area contributed by atoms with E-state index in [4.69, 9.17) is 4.74 Å². The summed E-state index contributed by atoms with van der Waals surface area (Å²) < 4.78 is 5.08. The van der Waals surface area contributed by atoms with Gasteiger partial charge >= 0.3 is 5.97 Å². The van der Waals surface area contributed by atoms with E-state index >= 15 is 0 Å². The molecule has 0 bridgehead atoms. The molecule has 3 N–H and O–H groups in total. The second-order valence-electron chi connectivity index (χ2n) is 7.97. The van der Waals surface area contributed by atoms with Crippen LogP contribution in [0.25, 0.3) is 0 Å². The highest BCUT2D eigenvalue weighted by Gasteiger charge is 2.23. The highest BCUT2D eigenvalue weighted by Crippen LogP contribution is 2.14. The number of aromatic nitrogens is 1. The first kappa shape index (κ1) is 24.9. The van der Waals surface area contributed by atoms with Gasteiger partial charge in [-0.15, -0.1) is 0 Å². The summed E-state index contributed by atoms with van der Waals surface area (Å²) in [7, 11) is 0. The number of aliphatic imine (C=N–C) groups is 1. The molecule has 0 fully saturated rings. The number of anilines is 1. The van der Waals surface area contributed by atoms with E-state index in [9.17, 15) is 14.4 Å². The summed E-state index contributed by atoms with van der Waals surface area (Å²) in [6.45, 7) is 2.44. The predicted molar refractivity (Wildman–Crippen MR) is 130 cm³/mol. The summed E-state index contributed by atoms with van der Waals surface area (Å²) in [4.78, 5) is 46.0. The van der Waals surface area contributed by atoms with Crippen molar-refractivity contribution in [3.05, 3.63) is 59.9 Å². The lowest BCUT2D eigenvalue weighted by atomic mass is 10.1. The molecule has 2 heterocycles. The molecule has 1 aromatic heterocycles. The number of amidine groups is 1. The molecule has 1 aliphatic heterocycles. The van der Waals surface area contributed by atoms with Crippen molar-refractivity contribution in [1.82, 2.24) is 15.6 Å². The number of benzene rings is 1. The summed E-state index contributed by atoms with van der Waals surface area (Å²) >= 11 is 0. The zero-order valence-corrected chi connectivity index (χ0v) is 19.4. The van der Waals surface area contributed by atoms with E-state index in [0.717, 1.165) is 42.9 Å². The van der Waals surface area contributed by atoms with Crippen molar-refractivity contribution < 1.29 is 19.1 Å². The number of carbonyl (C=O) groups excluding carboxylic acids is 3. The lowest BCUT2D eigenvalue weighted by Crippen LogP contribution is -2.47. The van der Waals surface area contributed by atoms with Gasteiger partial charge in [-0.1, -0.05) is 18.6 Å². The van der Waals surface area contributed by atoms with E-state index < -0.39 is 17.9 Å². The third-order valence-corrected chi connectivity index (χ3v) is 5.27. The number of rotatable bonds is 9. The molecule has 1 aromatic carbocycles. The SMILES string of the molecule is CCOC(=O)C(Cc1cccnc1)NC(=O)CNC(=O)c1cccc(NC2=NCCCCC2)c1. The molecule has 0 saturated carbocycles. The fraction of sp³-hybridized carbons (Fsp3) is 0.400. The van der Waals surface area contributed by atoms with Crippen molar-refractivity contribution in [1.29, 1.82) is 0 Å². The fourth-order valence-corrected chi connectivity index (χ4v) is 3.58. The van der Waals surface area contributed by atoms with Gasteiger partial charge in [-0.25, -0.2) is 4.79 Å². The zero-order valence-electron chi connectivity index (χ0n) is 19.4. The Balaban J connectivity index is 1.55. The van der Waals surface area contributed by atoms with Crippen LogP contribution in [0.3, 0.4) is 0 Å². The van der Waals surface area contributed by atoms with Crippen molar-refractivity contribution in [2.75, 3.05) is 25.0 Å². The largest absolute Gasteiger partial charge is 0.464 e. The highest BCUT2D eigenvalue weighted by atomic mass is 16.5. The molecule has 0 radical (unpaired) electrons. The van der Waals surface area contributed by atoms with Crippen LogP contribution in [-0.4, -0.2) is 54.3 Å². The standard InChI is InChI=1S/C25H31N5O4/c1-2-34-25(33)21(14-18-8-7-12-26-16-18)30-23(31)17-28-24(32)19-9-6-10-20(15-19)29-22-11-4-3-5-13-27-22/h6-10,12,15-16,21H,2-5,11,13-14,17H2,1H3,(H,27,29)(H,28,32)(H,30,31). The van der Waals surface area contributed by atoms with Crippen LogP contribution < -0.4 is 16.0 Å². The van der Waals surface area contributed by atoms with Crippen molar-refractivity contribution >= 4 is 29.3 Å². The molecule has 1 unspecified atom stereocenters. The van der Waals surface area contributed by atoms with E-state index in [1.54, 1.807) is 43.6 Å². The van der Waals surface area contributed by atoms with Gasteiger partial charge in [0, 0.05) is 43.0 Å². The van der Waals surface area contributed by atoms with Crippen LogP contribution in [0.5, 0.6) is 0 Å². The maximum Gasteiger partial charge on any atom is 0.328 e. The molecule has 9 nitrogen and oxygen atoms in total. The van der Waals surface area contributed by atoms with Crippen molar-refractivity contribution in [3.8, 4) is 0 Å². The third kappa shape index (κ3) is 7.99. The van der Waals surface area contributed by atoms with Gasteiger partial charge in [0.25, 0.3) is 5.91 Å². The topological polar surface area (TPSA) is 122 Å². The zero-order chi connectivity index (χ0) is 24.2. The first-order valence-corrected chi connectivity index (χ1v) is 11.6. The number of nitrogens with zero attached hydrogens (tertiary/aromatic N) is 2. The lowest BCUT2D eigenvalue weighted by Gasteiger charge is -2.17. The van der Waals surface area contributed by atoms with Gasteiger partial charge in [-0.3, -0.25) is 19.6 Å².